The number of para-hydroxylation sites is 1. The zero-order valence-corrected chi connectivity index (χ0v) is 25.3. The van der Waals surface area contributed by atoms with Crippen LogP contribution in [0.25, 0.3) is 22.3 Å². The van der Waals surface area contributed by atoms with E-state index in [9.17, 15) is 9.59 Å². The summed E-state index contributed by atoms with van der Waals surface area (Å²) in [6.07, 6.45) is 0. The van der Waals surface area contributed by atoms with Crippen molar-refractivity contribution in [2.45, 2.75) is 32.5 Å². The first-order valence-corrected chi connectivity index (χ1v) is 14.3. The maximum absolute atomic E-state index is 14.0. The third-order valence-corrected chi connectivity index (χ3v) is 7.96. The van der Waals surface area contributed by atoms with Gasteiger partial charge < -0.3 is 24.4 Å². The molecule has 0 spiro atoms. The number of rotatable bonds is 11. The molecular formula is C31H32N6O5S. The molecule has 0 fully saturated rings. The molecule has 0 radical (unpaired) electrons. The SMILES string of the molecule is COc1ccc(-c2csc(CN(C(=O)Cn3nnc4ccccc43)C(C)(C)C(=O)Nc3ccc(OC)cc3OC)n2)cc1. The predicted octanol–water partition coefficient (Wildman–Crippen LogP) is 5.03. The van der Waals surface area contributed by atoms with Crippen molar-refractivity contribution in [2.75, 3.05) is 26.6 Å². The van der Waals surface area contributed by atoms with Gasteiger partial charge in [0, 0.05) is 17.0 Å². The van der Waals surface area contributed by atoms with Gasteiger partial charge in [-0.25, -0.2) is 9.67 Å². The maximum atomic E-state index is 14.0. The van der Waals surface area contributed by atoms with Crippen LogP contribution in [-0.4, -0.2) is 63.6 Å². The van der Waals surface area contributed by atoms with Crippen molar-refractivity contribution in [2.24, 2.45) is 0 Å². The molecule has 0 bridgehead atoms. The quantitative estimate of drug-likeness (QED) is 0.224. The minimum Gasteiger partial charge on any atom is -0.497 e. The van der Waals surface area contributed by atoms with E-state index in [4.69, 9.17) is 19.2 Å². The average molecular weight is 601 g/mol. The highest BCUT2D eigenvalue weighted by Gasteiger charge is 2.39. The average Bonchev–Trinajstić information content (AvgIpc) is 3.67. The number of fused-ring (bicyclic) bond motifs is 1. The van der Waals surface area contributed by atoms with Crippen LogP contribution in [0.4, 0.5) is 5.69 Å². The van der Waals surface area contributed by atoms with E-state index in [1.165, 1.54) is 28.0 Å². The van der Waals surface area contributed by atoms with Gasteiger partial charge in [0.1, 0.15) is 39.9 Å². The van der Waals surface area contributed by atoms with Gasteiger partial charge >= 0.3 is 0 Å². The molecule has 222 valence electrons. The summed E-state index contributed by atoms with van der Waals surface area (Å²) < 4.78 is 17.5. The van der Waals surface area contributed by atoms with Crippen molar-refractivity contribution in [3.05, 3.63) is 77.1 Å². The van der Waals surface area contributed by atoms with E-state index in [1.54, 1.807) is 46.3 Å². The van der Waals surface area contributed by atoms with Crippen LogP contribution in [0.2, 0.25) is 0 Å². The number of benzene rings is 3. The molecule has 5 aromatic rings. The molecular weight excluding hydrogens is 568 g/mol. The zero-order valence-electron chi connectivity index (χ0n) is 24.5. The van der Waals surface area contributed by atoms with Gasteiger partial charge in [0.25, 0.3) is 0 Å². The Hall–Kier alpha value is -4.97. The first-order valence-electron chi connectivity index (χ1n) is 13.4. The minimum absolute atomic E-state index is 0.104. The van der Waals surface area contributed by atoms with Crippen molar-refractivity contribution >= 4 is 39.9 Å². The standard InChI is InChI=1S/C31H32N6O5S/c1-31(2,30(39)33-24-15-14-22(41-4)16-27(24)42-5)36(29(38)18-37-26-9-7-6-8-23(26)34-35-37)17-28-32-25(19-43-28)20-10-12-21(40-3)13-11-20/h6-16,19H,17-18H2,1-5H3,(H,33,39). The Kier molecular flexibility index (Phi) is 8.58. The summed E-state index contributed by atoms with van der Waals surface area (Å²) >= 11 is 1.42. The molecule has 0 saturated carbocycles. The molecule has 43 heavy (non-hydrogen) atoms. The topological polar surface area (TPSA) is 121 Å². The van der Waals surface area contributed by atoms with Crippen molar-refractivity contribution in [3.63, 3.8) is 0 Å². The molecule has 12 heteroatoms. The molecule has 11 nitrogen and oxygen atoms in total. The van der Waals surface area contributed by atoms with Gasteiger partial charge in [-0.1, -0.05) is 17.3 Å². The van der Waals surface area contributed by atoms with Crippen LogP contribution in [0.5, 0.6) is 17.2 Å². The summed E-state index contributed by atoms with van der Waals surface area (Å²) in [4.78, 5) is 34.1. The Morgan fingerprint density at radius 2 is 1.67 bits per heavy atom. The fraction of sp³-hybridized carbons (Fsp3) is 0.258. The number of thiazole rings is 1. The molecule has 3 aromatic carbocycles. The van der Waals surface area contributed by atoms with Crippen LogP contribution in [0.1, 0.15) is 18.9 Å². The van der Waals surface area contributed by atoms with E-state index in [0.717, 1.165) is 22.5 Å². The highest BCUT2D eigenvalue weighted by molar-refractivity contribution is 7.09. The van der Waals surface area contributed by atoms with Gasteiger partial charge in [0.2, 0.25) is 11.8 Å². The predicted molar refractivity (Wildman–Crippen MR) is 164 cm³/mol. The first-order chi connectivity index (χ1) is 20.7. The number of carbonyl (C=O) groups is 2. The third-order valence-electron chi connectivity index (χ3n) is 7.12. The summed E-state index contributed by atoms with van der Waals surface area (Å²) in [5.74, 6) is 1.04. The fourth-order valence-corrected chi connectivity index (χ4v) is 5.35. The van der Waals surface area contributed by atoms with Crippen molar-refractivity contribution in [1.82, 2.24) is 24.9 Å². The van der Waals surface area contributed by atoms with E-state index in [0.29, 0.717) is 27.7 Å². The Bertz CT molecular complexity index is 1750. The molecule has 0 saturated heterocycles. The second kappa shape index (κ2) is 12.5. The maximum Gasteiger partial charge on any atom is 0.249 e. The van der Waals surface area contributed by atoms with Gasteiger partial charge in [-0.3, -0.25) is 9.59 Å². The number of methoxy groups -OCH3 is 3. The smallest absolute Gasteiger partial charge is 0.249 e. The minimum atomic E-state index is -1.30. The number of carbonyl (C=O) groups excluding carboxylic acids is 2. The van der Waals surface area contributed by atoms with Gasteiger partial charge in [-0.15, -0.1) is 16.4 Å². The Morgan fingerprint density at radius 1 is 0.953 bits per heavy atom. The lowest BCUT2D eigenvalue weighted by Crippen LogP contribution is -2.55. The Balaban J connectivity index is 1.45. The van der Waals surface area contributed by atoms with E-state index in [1.807, 2.05) is 53.9 Å². The lowest BCUT2D eigenvalue weighted by atomic mass is 10.0. The lowest BCUT2D eigenvalue weighted by Gasteiger charge is -2.37. The molecule has 5 rings (SSSR count). The van der Waals surface area contributed by atoms with Gasteiger partial charge in [0.05, 0.1) is 44.8 Å². The van der Waals surface area contributed by atoms with Crippen molar-refractivity contribution in [1.29, 1.82) is 0 Å². The molecule has 2 aromatic heterocycles. The largest absolute Gasteiger partial charge is 0.497 e. The molecule has 2 heterocycles. The zero-order chi connectivity index (χ0) is 30.6. The van der Waals surface area contributed by atoms with E-state index in [-0.39, 0.29) is 19.0 Å². The molecule has 0 aliphatic heterocycles. The van der Waals surface area contributed by atoms with E-state index in [2.05, 4.69) is 15.6 Å². The summed E-state index contributed by atoms with van der Waals surface area (Å²) in [5, 5.41) is 13.9. The van der Waals surface area contributed by atoms with Gasteiger partial charge in [0.15, 0.2) is 0 Å². The number of anilines is 1. The van der Waals surface area contributed by atoms with Gasteiger partial charge in [-0.05, 0) is 62.4 Å². The molecule has 0 aliphatic carbocycles. The Morgan fingerprint density at radius 3 is 2.40 bits per heavy atom. The second-order valence-corrected chi connectivity index (χ2v) is 11.1. The van der Waals surface area contributed by atoms with Crippen LogP contribution in [0.3, 0.4) is 0 Å². The number of nitrogens with one attached hydrogen (secondary N) is 1. The number of hydrogen-bond acceptors (Lipinski definition) is 9. The van der Waals surface area contributed by atoms with E-state index < -0.39 is 11.4 Å². The highest BCUT2D eigenvalue weighted by Crippen LogP contribution is 2.32. The van der Waals surface area contributed by atoms with Crippen molar-refractivity contribution in [3.8, 4) is 28.5 Å². The second-order valence-electron chi connectivity index (χ2n) is 10.2. The van der Waals surface area contributed by atoms with Crippen LogP contribution >= 0.6 is 11.3 Å². The van der Waals surface area contributed by atoms with E-state index >= 15 is 0 Å². The normalized spacial score (nSPS) is 11.3. The summed E-state index contributed by atoms with van der Waals surface area (Å²) in [6, 6.07) is 20.1. The number of nitrogens with zero attached hydrogens (tertiary/aromatic N) is 5. The first kappa shape index (κ1) is 29.5. The van der Waals surface area contributed by atoms with Crippen molar-refractivity contribution < 1.29 is 23.8 Å². The van der Waals surface area contributed by atoms with Crippen LogP contribution < -0.4 is 19.5 Å². The molecule has 2 amide bonds. The van der Waals surface area contributed by atoms with Crippen LogP contribution in [-0.2, 0) is 22.7 Å². The number of ether oxygens (including phenoxy) is 3. The van der Waals surface area contributed by atoms with Crippen LogP contribution in [0.15, 0.2) is 72.1 Å². The fourth-order valence-electron chi connectivity index (χ4n) is 4.56. The highest BCUT2D eigenvalue weighted by atomic mass is 32.1. The number of hydrogen-bond donors (Lipinski definition) is 1. The number of amides is 2. The summed E-state index contributed by atoms with van der Waals surface area (Å²) in [6.45, 7) is 3.40. The van der Waals surface area contributed by atoms with Crippen LogP contribution in [0, 0.1) is 0 Å². The summed E-state index contributed by atoms with van der Waals surface area (Å²) in [7, 11) is 4.68. The molecule has 0 unspecified atom stereocenters. The summed E-state index contributed by atoms with van der Waals surface area (Å²) in [5.41, 5.74) is 2.23. The third kappa shape index (κ3) is 6.28. The molecule has 0 aliphatic rings. The molecule has 1 N–H and O–H groups in total. The lowest BCUT2D eigenvalue weighted by molar-refractivity contribution is -0.145. The number of aromatic nitrogens is 4. The molecule has 0 atom stereocenters. The Labute approximate surface area is 253 Å². The monoisotopic (exact) mass is 600 g/mol. The van der Waals surface area contributed by atoms with Gasteiger partial charge in [-0.2, -0.15) is 0 Å².